The van der Waals surface area contributed by atoms with Crippen LogP contribution in [0.3, 0.4) is 0 Å². The zero-order valence-corrected chi connectivity index (χ0v) is 16.0. The second-order valence-corrected chi connectivity index (χ2v) is 9.21. The molecule has 140 valence electrons. The molecule has 1 heterocycles. The van der Waals surface area contributed by atoms with Crippen molar-refractivity contribution in [1.82, 2.24) is 0 Å². The molecule has 5 atom stereocenters. The molecule has 1 aromatic rings. The van der Waals surface area contributed by atoms with Crippen molar-refractivity contribution in [2.24, 2.45) is 17.8 Å². The van der Waals surface area contributed by atoms with Gasteiger partial charge in [0.1, 0.15) is 11.9 Å². The second kappa shape index (κ2) is 6.68. The fraction of sp³-hybridized carbons (Fsp3) is 0.571. The summed E-state index contributed by atoms with van der Waals surface area (Å²) in [6.45, 7) is 4.05. The highest BCUT2D eigenvalue weighted by molar-refractivity contribution is 7.99. The molecule has 2 fully saturated rings. The summed E-state index contributed by atoms with van der Waals surface area (Å²) in [5.41, 5.74) is 1.87. The molecule has 26 heavy (non-hydrogen) atoms. The highest BCUT2D eigenvalue weighted by atomic mass is 32.2. The molecule has 2 aliphatic carbocycles. The van der Waals surface area contributed by atoms with Crippen LogP contribution in [-0.2, 0) is 9.53 Å². The van der Waals surface area contributed by atoms with Crippen molar-refractivity contribution in [3.63, 3.8) is 0 Å². The number of carbonyl (C=O) groups is 1. The van der Waals surface area contributed by atoms with E-state index in [4.69, 9.17) is 4.74 Å². The summed E-state index contributed by atoms with van der Waals surface area (Å²) in [5.74, 6) is 0.137. The lowest BCUT2D eigenvalue weighted by Gasteiger charge is -2.32. The van der Waals surface area contributed by atoms with Crippen LogP contribution in [0.25, 0.3) is 0 Å². The van der Waals surface area contributed by atoms with E-state index in [1.807, 2.05) is 6.92 Å². The van der Waals surface area contributed by atoms with Crippen molar-refractivity contribution in [2.75, 3.05) is 5.75 Å². The predicted molar refractivity (Wildman–Crippen MR) is 99.3 cm³/mol. The smallest absolute Gasteiger partial charge is 0.310 e. The van der Waals surface area contributed by atoms with E-state index >= 15 is 0 Å². The van der Waals surface area contributed by atoms with Crippen molar-refractivity contribution >= 4 is 17.7 Å². The van der Waals surface area contributed by atoms with Crippen LogP contribution < -0.4 is 0 Å². The highest BCUT2D eigenvalue weighted by Crippen LogP contribution is 2.53. The Morgan fingerprint density at radius 3 is 2.77 bits per heavy atom. The van der Waals surface area contributed by atoms with Gasteiger partial charge in [0.25, 0.3) is 0 Å². The van der Waals surface area contributed by atoms with Gasteiger partial charge in [-0.1, -0.05) is 11.1 Å². The molecule has 1 aliphatic heterocycles. The number of carbonyl (C=O) groups excluding carboxylic acids is 1. The minimum absolute atomic E-state index is 0.0697. The number of allylic oxidation sites excluding steroid dienone is 1. The van der Waals surface area contributed by atoms with Gasteiger partial charge in [0.05, 0.1) is 11.5 Å². The van der Waals surface area contributed by atoms with Crippen LogP contribution >= 0.6 is 11.8 Å². The highest BCUT2D eigenvalue weighted by Gasteiger charge is 2.56. The van der Waals surface area contributed by atoms with E-state index in [1.54, 1.807) is 23.9 Å². The lowest BCUT2D eigenvalue weighted by Crippen LogP contribution is -2.41. The van der Waals surface area contributed by atoms with Crippen LogP contribution in [0.15, 0.2) is 40.3 Å². The summed E-state index contributed by atoms with van der Waals surface area (Å²) in [7, 11) is 0. The van der Waals surface area contributed by atoms with Gasteiger partial charge in [0.15, 0.2) is 0 Å². The van der Waals surface area contributed by atoms with Gasteiger partial charge in [0, 0.05) is 22.5 Å². The maximum absolute atomic E-state index is 13.1. The summed E-state index contributed by atoms with van der Waals surface area (Å²) in [6.07, 6.45) is 3.32. The third kappa shape index (κ3) is 3.09. The first-order chi connectivity index (χ1) is 12.4. The number of hydrogen-bond acceptors (Lipinski definition) is 4. The van der Waals surface area contributed by atoms with Crippen LogP contribution in [0.2, 0.25) is 0 Å². The number of thioether (sulfide) groups is 1. The molecule has 3 aliphatic rings. The van der Waals surface area contributed by atoms with Crippen molar-refractivity contribution in [3.8, 4) is 0 Å². The Hall–Kier alpha value is -1.33. The van der Waals surface area contributed by atoms with E-state index in [1.165, 1.54) is 23.3 Å². The molecular weight excluding hydrogens is 351 g/mol. The van der Waals surface area contributed by atoms with E-state index < -0.39 is 5.60 Å². The number of hydrogen-bond donors (Lipinski definition) is 1. The maximum Gasteiger partial charge on any atom is 0.310 e. The Balaban J connectivity index is 1.54. The van der Waals surface area contributed by atoms with E-state index in [9.17, 15) is 14.3 Å². The Labute approximate surface area is 158 Å². The monoisotopic (exact) mass is 376 g/mol. The molecule has 0 unspecified atom stereocenters. The average molecular weight is 376 g/mol. The molecule has 3 nitrogen and oxygen atoms in total. The van der Waals surface area contributed by atoms with Crippen LogP contribution in [-0.4, -0.2) is 28.5 Å². The lowest BCUT2D eigenvalue weighted by molar-refractivity contribution is -0.147. The molecule has 1 saturated carbocycles. The van der Waals surface area contributed by atoms with Gasteiger partial charge < -0.3 is 9.84 Å². The third-order valence-electron chi connectivity index (χ3n) is 6.41. The van der Waals surface area contributed by atoms with Gasteiger partial charge in [-0.05, 0) is 63.8 Å². The number of halogens is 1. The number of aliphatic hydroxyl groups is 1. The summed E-state index contributed by atoms with van der Waals surface area (Å²) < 4.78 is 18.9. The van der Waals surface area contributed by atoms with E-state index in [0.717, 1.165) is 30.6 Å². The molecule has 4 rings (SSSR count). The number of fused-ring (bicyclic) bond motifs is 3. The summed E-state index contributed by atoms with van der Waals surface area (Å²) in [5, 5.41) is 10.9. The van der Waals surface area contributed by atoms with E-state index in [2.05, 4.69) is 6.92 Å². The van der Waals surface area contributed by atoms with Crippen LogP contribution in [0.5, 0.6) is 0 Å². The van der Waals surface area contributed by atoms with Gasteiger partial charge in [-0.15, -0.1) is 11.8 Å². The van der Waals surface area contributed by atoms with Crippen molar-refractivity contribution in [2.45, 2.75) is 56.1 Å². The zero-order chi connectivity index (χ0) is 18.5. The molecule has 0 bridgehead atoms. The Morgan fingerprint density at radius 2 is 2.04 bits per heavy atom. The first-order valence-corrected chi connectivity index (χ1v) is 10.3. The van der Waals surface area contributed by atoms with Gasteiger partial charge in [-0.3, -0.25) is 4.79 Å². The van der Waals surface area contributed by atoms with E-state index in [-0.39, 0.29) is 35.6 Å². The number of ether oxygens (including phenoxy) is 1. The fourth-order valence-electron chi connectivity index (χ4n) is 4.95. The van der Waals surface area contributed by atoms with Crippen molar-refractivity contribution in [1.29, 1.82) is 0 Å². The Morgan fingerprint density at radius 1 is 1.31 bits per heavy atom. The van der Waals surface area contributed by atoms with Crippen LogP contribution in [0.1, 0.15) is 39.5 Å². The molecule has 1 aromatic carbocycles. The topological polar surface area (TPSA) is 46.5 Å². The first-order valence-electron chi connectivity index (χ1n) is 9.36. The molecule has 0 amide bonds. The first kappa shape index (κ1) is 18.1. The summed E-state index contributed by atoms with van der Waals surface area (Å²) in [4.78, 5) is 13.6. The van der Waals surface area contributed by atoms with Crippen molar-refractivity contribution < 1.29 is 19.0 Å². The predicted octanol–water partition coefficient (Wildman–Crippen LogP) is 4.35. The molecule has 1 N–H and O–H groups in total. The number of rotatable bonds is 3. The normalized spacial score (nSPS) is 36.5. The summed E-state index contributed by atoms with van der Waals surface area (Å²) >= 11 is 1.58. The van der Waals surface area contributed by atoms with Crippen LogP contribution in [0, 0.1) is 23.6 Å². The molecule has 5 heteroatoms. The van der Waals surface area contributed by atoms with Gasteiger partial charge in [-0.2, -0.15) is 0 Å². The minimum Gasteiger partial charge on any atom is -0.461 e. The second-order valence-electron chi connectivity index (χ2n) is 8.12. The molecular formula is C21H25FO3S. The molecule has 1 saturated heterocycles. The lowest BCUT2D eigenvalue weighted by atomic mass is 9.78. The van der Waals surface area contributed by atoms with Gasteiger partial charge in [-0.25, -0.2) is 4.39 Å². The maximum atomic E-state index is 13.1. The Bertz CT molecular complexity index is 740. The number of benzene rings is 1. The van der Waals surface area contributed by atoms with Gasteiger partial charge >= 0.3 is 5.97 Å². The largest absolute Gasteiger partial charge is 0.461 e. The molecule has 0 spiro atoms. The average Bonchev–Trinajstić information content (AvgIpc) is 3.02. The standard InChI is InChI=1S/C21H25FO3S/c1-12-3-8-16-17(11-26-14-6-4-13(22)5-7-14)20(23)25-19(16)18-15(12)9-10-21(18,2)24/h4-7,16-19,24H,3,8-11H2,1-2H3/t16-,17-,18-,19-,21+/m0/s1. The minimum atomic E-state index is -0.802. The SMILES string of the molecule is CC1=C2CC[C@@](C)(O)[C@@H]2[C@H]2OC(=O)[C@@H](CSc3ccc(F)cc3)[C@@H]2CC1. The van der Waals surface area contributed by atoms with Crippen molar-refractivity contribution in [3.05, 3.63) is 41.2 Å². The molecule has 0 aromatic heterocycles. The third-order valence-corrected chi connectivity index (χ3v) is 7.54. The fourth-order valence-corrected chi connectivity index (χ4v) is 6.03. The zero-order valence-electron chi connectivity index (χ0n) is 15.2. The van der Waals surface area contributed by atoms with Crippen LogP contribution in [0.4, 0.5) is 4.39 Å². The van der Waals surface area contributed by atoms with E-state index in [0.29, 0.717) is 5.75 Å². The Kier molecular flexibility index (Phi) is 4.64. The summed E-state index contributed by atoms with van der Waals surface area (Å²) in [6, 6.07) is 6.38. The molecule has 0 radical (unpaired) electrons. The quantitative estimate of drug-likeness (QED) is 0.484. The number of esters is 1. The van der Waals surface area contributed by atoms with Gasteiger partial charge in [0.2, 0.25) is 0 Å².